The molecule has 4 rings (SSSR count). The number of aromatic nitrogens is 3. The number of alkyl halides is 3. The number of hydrogen-bond acceptors (Lipinski definition) is 6. The van der Waals surface area contributed by atoms with Crippen molar-refractivity contribution in [2.75, 3.05) is 31.1 Å². The van der Waals surface area contributed by atoms with Crippen LogP contribution in [0.25, 0.3) is 10.9 Å². The van der Waals surface area contributed by atoms with Gasteiger partial charge in [-0.25, -0.2) is 9.78 Å². The Morgan fingerprint density at radius 2 is 1.83 bits per heavy atom. The van der Waals surface area contributed by atoms with Gasteiger partial charge in [-0.1, -0.05) is 6.07 Å². The van der Waals surface area contributed by atoms with Crippen LogP contribution < -0.4 is 21.5 Å². The van der Waals surface area contributed by atoms with E-state index in [4.69, 9.17) is 0 Å². The third kappa shape index (κ3) is 5.37. The second kappa shape index (κ2) is 9.53. The van der Waals surface area contributed by atoms with E-state index in [2.05, 4.69) is 19.8 Å². The van der Waals surface area contributed by atoms with E-state index in [0.717, 1.165) is 34.2 Å². The number of halogens is 3. The van der Waals surface area contributed by atoms with E-state index in [9.17, 15) is 27.6 Å². The Balaban J connectivity index is 1.41. The van der Waals surface area contributed by atoms with Crippen LogP contribution in [0.1, 0.15) is 28.7 Å². The molecule has 0 radical (unpaired) electrons. The van der Waals surface area contributed by atoms with Gasteiger partial charge in [-0.3, -0.25) is 24.4 Å². The summed E-state index contributed by atoms with van der Waals surface area (Å²) in [5.74, 6) is -1.29. The maximum absolute atomic E-state index is 12.4. The molecule has 0 atom stereocenters. The predicted molar refractivity (Wildman–Crippen MR) is 124 cm³/mol. The summed E-state index contributed by atoms with van der Waals surface area (Å²) >= 11 is 0. The lowest BCUT2D eigenvalue weighted by Gasteiger charge is -2.36. The average Bonchev–Trinajstić information content (AvgIpc) is 2.78. The van der Waals surface area contributed by atoms with Crippen LogP contribution in [0.2, 0.25) is 0 Å². The maximum Gasteiger partial charge on any atom is 0.484 e. The minimum absolute atomic E-state index is 0.290. The van der Waals surface area contributed by atoms with Crippen molar-refractivity contribution < 1.29 is 18.0 Å². The van der Waals surface area contributed by atoms with Crippen LogP contribution >= 0.6 is 0 Å². The minimum atomic E-state index is -4.81. The fraction of sp³-hybridized carbons (Fsp3) is 0.391. The number of piperazine rings is 1. The van der Waals surface area contributed by atoms with Gasteiger partial charge in [-0.2, -0.15) is 13.2 Å². The van der Waals surface area contributed by atoms with Crippen LogP contribution in [0.3, 0.4) is 0 Å². The number of pyridine rings is 1. The summed E-state index contributed by atoms with van der Waals surface area (Å²) in [5, 5.41) is 1.42. The van der Waals surface area contributed by atoms with Gasteiger partial charge in [0.25, 0.3) is 11.5 Å². The molecule has 1 amide bonds. The van der Waals surface area contributed by atoms with Crippen LogP contribution in [0.4, 0.5) is 18.9 Å². The van der Waals surface area contributed by atoms with Crippen molar-refractivity contribution in [1.82, 2.24) is 24.8 Å². The van der Waals surface area contributed by atoms with E-state index in [0.29, 0.717) is 42.8 Å². The number of aryl methyl sites for hydroxylation is 1. The van der Waals surface area contributed by atoms with Crippen molar-refractivity contribution in [3.63, 3.8) is 0 Å². The average molecular weight is 490 g/mol. The van der Waals surface area contributed by atoms with Crippen molar-refractivity contribution in [1.29, 1.82) is 0 Å². The Hall–Kier alpha value is -3.67. The quantitative estimate of drug-likeness (QED) is 0.531. The summed E-state index contributed by atoms with van der Waals surface area (Å²) in [6.45, 7) is 7.13. The molecule has 9 nitrogen and oxygen atoms in total. The number of anilines is 1. The third-order valence-corrected chi connectivity index (χ3v) is 6.03. The van der Waals surface area contributed by atoms with Crippen LogP contribution in [-0.4, -0.2) is 57.8 Å². The normalized spacial score (nSPS) is 14.9. The molecule has 0 unspecified atom stereocenters. The zero-order chi connectivity index (χ0) is 25.3. The molecular weight excluding hydrogens is 465 g/mol. The Morgan fingerprint density at radius 3 is 2.46 bits per heavy atom. The topological polar surface area (TPSA) is 103 Å². The molecule has 1 aromatic carbocycles. The van der Waals surface area contributed by atoms with Gasteiger partial charge >= 0.3 is 12.0 Å². The first-order valence-electron chi connectivity index (χ1n) is 11.2. The van der Waals surface area contributed by atoms with Gasteiger partial charge in [-0.15, -0.1) is 0 Å². The SMILES string of the molecule is CCn1c(=O)[nH]c2cc(CN3CCN(c4ccc(C(=O)NC(F)(F)F)nc4C)CC3)ccc2c1=O. The Kier molecular flexibility index (Phi) is 6.66. The summed E-state index contributed by atoms with van der Waals surface area (Å²) in [4.78, 5) is 47.4. The smallest absolute Gasteiger partial charge is 0.368 e. The van der Waals surface area contributed by atoms with E-state index in [1.165, 1.54) is 6.07 Å². The molecule has 2 N–H and O–H groups in total. The van der Waals surface area contributed by atoms with Crippen LogP contribution in [0.5, 0.6) is 0 Å². The summed E-state index contributed by atoms with van der Waals surface area (Å²) in [7, 11) is 0. The molecule has 0 spiro atoms. The number of hydrogen-bond donors (Lipinski definition) is 2. The first kappa shape index (κ1) is 24.5. The summed E-state index contributed by atoms with van der Waals surface area (Å²) in [6, 6.07) is 8.34. The molecule has 0 saturated carbocycles. The molecule has 0 bridgehead atoms. The molecule has 1 aliphatic rings. The molecule has 186 valence electrons. The van der Waals surface area contributed by atoms with Crippen molar-refractivity contribution in [3.05, 3.63) is 68.1 Å². The molecule has 0 aliphatic carbocycles. The zero-order valence-corrected chi connectivity index (χ0v) is 19.3. The Labute approximate surface area is 198 Å². The fourth-order valence-electron chi connectivity index (χ4n) is 4.30. The highest BCUT2D eigenvalue weighted by Crippen LogP contribution is 2.22. The van der Waals surface area contributed by atoms with Gasteiger partial charge < -0.3 is 9.88 Å². The maximum atomic E-state index is 12.4. The highest BCUT2D eigenvalue weighted by Gasteiger charge is 2.31. The van der Waals surface area contributed by atoms with Gasteiger partial charge in [0.2, 0.25) is 0 Å². The van der Waals surface area contributed by atoms with E-state index >= 15 is 0 Å². The van der Waals surface area contributed by atoms with E-state index in [-0.39, 0.29) is 11.3 Å². The molecule has 1 fully saturated rings. The summed E-state index contributed by atoms with van der Waals surface area (Å²) < 4.78 is 38.3. The number of carbonyl (C=O) groups is 1. The minimum Gasteiger partial charge on any atom is -0.368 e. The summed E-state index contributed by atoms with van der Waals surface area (Å²) in [6.07, 6.45) is -4.81. The second-order valence-electron chi connectivity index (χ2n) is 8.38. The third-order valence-electron chi connectivity index (χ3n) is 6.03. The predicted octanol–water partition coefficient (Wildman–Crippen LogP) is 1.98. The zero-order valence-electron chi connectivity index (χ0n) is 19.3. The molecule has 35 heavy (non-hydrogen) atoms. The molecular formula is C23H25F3N6O3. The van der Waals surface area contributed by atoms with Crippen LogP contribution in [-0.2, 0) is 13.1 Å². The number of H-pyrrole nitrogens is 1. The lowest BCUT2D eigenvalue weighted by atomic mass is 10.1. The van der Waals surface area contributed by atoms with Crippen LogP contribution in [0, 0.1) is 6.92 Å². The number of fused-ring (bicyclic) bond motifs is 1. The number of benzene rings is 1. The van der Waals surface area contributed by atoms with Gasteiger partial charge in [-0.05, 0) is 43.7 Å². The number of carbonyl (C=O) groups excluding carboxylic acids is 1. The van der Waals surface area contributed by atoms with Gasteiger partial charge in [0.05, 0.1) is 22.3 Å². The number of nitrogens with zero attached hydrogens (tertiary/aromatic N) is 4. The highest BCUT2D eigenvalue weighted by molar-refractivity contribution is 5.92. The molecule has 2 aromatic heterocycles. The number of amides is 1. The van der Waals surface area contributed by atoms with Crippen molar-refractivity contribution >= 4 is 22.5 Å². The standard InChI is InChI=1S/C23H25F3N6O3/c1-3-32-21(34)16-5-4-15(12-18(16)28-22(32)35)13-30-8-10-31(11-9-30)19-7-6-17(27-14(19)2)20(33)29-23(24,25)26/h4-7,12H,3,8-11,13H2,1-2H3,(H,28,35)(H,29,33). The van der Waals surface area contributed by atoms with Gasteiger partial charge in [0.15, 0.2) is 0 Å². The van der Waals surface area contributed by atoms with Crippen molar-refractivity contribution in [3.8, 4) is 0 Å². The molecule has 12 heteroatoms. The molecule has 3 heterocycles. The monoisotopic (exact) mass is 490 g/mol. The Bertz CT molecular complexity index is 1370. The number of rotatable bonds is 5. The van der Waals surface area contributed by atoms with Gasteiger partial charge in [0, 0.05) is 39.3 Å². The highest BCUT2D eigenvalue weighted by atomic mass is 19.4. The van der Waals surface area contributed by atoms with E-state index in [1.807, 2.05) is 12.1 Å². The molecule has 3 aromatic rings. The van der Waals surface area contributed by atoms with Crippen LogP contribution in [0.15, 0.2) is 39.9 Å². The first-order chi connectivity index (χ1) is 16.6. The molecule has 1 aliphatic heterocycles. The fourth-order valence-corrected chi connectivity index (χ4v) is 4.30. The van der Waals surface area contributed by atoms with Crippen molar-refractivity contribution in [2.45, 2.75) is 33.2 Å². The second-order valence-corrected chi connectivity index (χ2v) is 8.38. The number of aromatic amines is 1. The van der Waals surface area contributed by atoms with Gasteiger partial charge in [0.1, 0.15) is 5.69 Å². The lowest BCUT2D eigenvalue weighted by Crippen LogP contribution is -2.46. The summed E-state index contributed by atoms with van der Waals surface area (Å²) in [5.41, 5.74) is 1.69. The van der Waals surface area contributed by atoms with E-state index < -0.39 is 17.9 Å². The first-order valence-corrected chi connectivity index (χ1v) is 11.2. The lowest BCUT2D eigenvalue weighted by molar-refractivity contribution is -0.146. The molecule has 1 saturated heterocycles. The Morgan fingerprint density at radius 1 is 1.11 bits per heavy atom. The largest absolute Gasteiger partial charge is 0.484 e. The van der Waals surface area contributed by atoms with E-state index in [1.54, 1.807) is 26.0 Å². The number of nitrogens with one attached hydrogen (secondary N) is 2. The van der Waals surface area contributed by atoms with Crippen molar-refractivity contribution in [2.24, 2.45) is 0 Å².